The molecule has 1 N–H and O–H groups in total. The van der Waals surface area contributed by atoms with E-state index in [1.54, 1.807) is 11.3 Å². The molecule has 0 saturated carbocycles. The summed E-state index contributed by atoms with van der Waals surface area (Å²) in [5.41, 5.74) is 1.21. The molecule has 0 aliphatic rings. The van der Waals surface area contributed by atoms with E-state index in [2.05, 4.69) is 41.5 Å². The summed E-state index contributed by atoms with van der Waals surface area (Å²) in [6.07, 6.45) is 4.18. The maximum atomic E-state index is 3.71. The molecule has 2 aromatic rings. The number of unbranched alkanes of at least 4 members (excludes halogenated alkanes) is 1. The van der Waals surface area contributed by atoms with Gasteiger partial charge in [-0.15, -0.1) is 17.9 Å². The van der Waals surface area contributed by atoms with Crippen LogP contribution in [0, 0.1) is 0 Å². The molecule has 0 atom stereocenters. The smallest absolute Gasteiger partial charge is 0.0347 e. The quantitative estimate of drug-likeness (QED) is 0.582. The van der Waals surface area contributed by atoms with Crippen LogP contribution < -0.4 is 5.32 Å². The Morgan fingerprint density at radius 3 is 3.13 bits per heavy atom. The standard InChI is InChI=1S/C13H15NS/c1-2-3-4-8-14-12-5-6-13-11(10-12)7-9-15-13/h2,5-7,9-10,14H,1,3-4,8H2. The molecule has 2 rings (SSSR count). The number of allylic oxidation sites excluding steroid dienone is 1. The van der Waals surface area contributed by atoms with Crippen LogP contribution in [0.15, 0.2) is 42.3 Å². The van der Waals surface area contributed by atoms with Crippen molar-refractivity contribution >= 4 is 27.1 Å². The SMILES string of the molecule is C=CCCCNc1ccc2sccc2c1. The van der Waals surface area contributed by atoms with Gasteiger partial charge in [0.1, 0.15) is 0 Å². The summed E-state index contributed by atoms with van der Waals surface area (Å²) in [6.45, 7) is 4.73. The fourth-order valence-corrected chi connectivity index (χ4v) is 2.33. The monoisotopic (exact) mass is 217 g/mol. The van der Waals surface area contributed by atoms with Crippen molar-refractivity contribution in [3.8, 4) is 0 Å². The lowest BCUT2D eigenvalue weighted by Crippen LogP contribution is -2.00. The second-order valence-electron chi connectivity index (χ2n) is 3.53. The molecule has 0 aliphatic heterocycles. The average Bonchev–Trinajstić information content (AvgIpc) is 2.71. The lowest BCUT2D eigenvalue weighted by molar-refractivity contribution is 0.891. The first-order valence-electron chi connectivity index (χ1n) is 5.22. The topological polar surface area (TPSA) is 12.0 Å². The number of nitrogens with one attached hydrogen (secondary N) is 1. The lowest BCUT2D eigenvalue weighted by atomic mass is 10.2. The lowest BCUT2D eigenvalue weighted by Gasteiger charge is -2.05. The van der Waals surface area contributed by atoms with Crippen LogP contribution in [0.25, 0.3) is 10.1 Å². The summed E-state index contributed by atoms with van der Waals surface area (Å²) in [5.74, 6) is 0. The van der Waals surface area contributed by atoms with Crippen molar-refractivity contribution in [1.29, 1.82) is 0 Å². The molecular weight excluding hydrogens is 202 g/mol. The first-order valence-corrected chi connectivity index (χ1v) is 6.10. The maximum Gasteiger partial charge on any atom is 0.0347 e. The van der Waals surface area contributed by atoms with E-state index in [1.807, 2.05) is 6.08 Å². The number of hydrogen-bond acceptors (Lipinski definition) is 2. The first-order chi connectivity index (χ1) is 7.40. The summed E-state index contributed by atoms with van der Waals surface area (Å²) in [4.78, 5) is 0. The van der Waals surface area contributed by atoms with Crippen LogP contribution in [0.3, 0.4) is 0 Å². The predicted molar refractivity (Wildman–Crippen MR) is 69.7 cm³/mol. The molecule has 0 radical (unpaired) electrons. The van der Waals surface area contributed by atoms with Gasteiger partial charge in [-0.2, -0.15) is 0 Å². The van der Waals surface area contributed by atoms with Crippen LogP contribution in [0.1, 0.15) is 12.8 Å². The predicted octanol–water partition coefficient (Wildman–Crippen LogP) is 4.28. The number of thiophene rings is 1. The Bertz CT molecular complexity index is 444. The molecule has 1 aromatic heterocycles. The highest BCUT2D eigenvalue weighted by molar-refractivity contribution is 7.17. The second kappa shape index (κ2) is 4.99. The van der Waals surface area contributed by atoms with E-state index in [0.717, 1.165) is 19.4 Å². The number of anilines is 1. The van der Waals surface area contributed by atoms with Gasteiger partial charge in [0, 0.05) is 16.9 Å². The summed E-state index contributed by atoms with van der Waals surface area (Å²) in [5, 5.41) is 6.88. The van der Waals surface area contributed by atoms with Crippen molar-refractivity contribution < 1.29 is 0 Å². The van der Waals surface area contributed by atoms with Gasteiger partial charge in [-0.25, -0.2) is 0 Å². The molecule has 15 heavy (non-hydrogen) atoms. The van der Waals surface area contributed by atoms with Gasteiger partial charge < -0.3 is 5.32 Å². The Morgan fingerprint density at radius 2 is 2.27 bits per heavy atom. The molecular formula is C13H15NS. The van der Waals surface area contributed by atoms with Crippen LogP contribution in [-0.2, 0) is 0 Å². The van der Waals surface area contributed by atoms with E-state index in [-0.39, 0.29) is 0 Å². The third-order valence-electron chi connectivity index (χ3n) is 2.37. The van der Waals surface area contributed by atoms with Crippen molar-refractivity contribution in [1.82, 2.24) is 0 Å². The molecule has 2 heteroatoms. The highest BCUT2D eigenvalue weighted by atomic mass is 32.1. The molecule has 78 valence electrons. The Morgan fingerprint density at radius 1 is 1.33 bits per heavy atom. The number of fused-ring (bicyclic) bond motifs is 1. The van der Waals surface area contributed by atoms with Crippen molar-refractivity contribution in [2.75, 3.05) is 11.9 Å². The van der Waals surface area contributed by atoms with Gasteiger partial charge in [-0.3, -0.25) is 0 Å². The molecule has 0 amide bonds. The van der Waals surface area contributed by atoms with Crippen molar-refractivity contribution in [2.24, 2.45) is 0 Å². The first kappa shape index (κ1) is 10.2. The summed E-state index contributed by atoms with van der Waals surface area (Å²) < 4.78 is 1.35. The van der Waals surface area contributed by atoms with Gasteiger partial charge in [0.05, 0.1) is 0 Å². The molecule has 0 aliphatic carbocycles. The fraction of sp³-hybridized carbons (Fsp3) is 0.231. The van der Waals surface area contributed by atoms with Gasteiger partial charge in [0.25, 0.3) is 0 Å². The van der Waals surface area contributed by atoms with Gasteiger partial charge in [0.2, 0.25) is 0 Å². The third kappa shape index (κ3) is 2.60. The van der Waals surface area contributed by atoms with Crippen LogP contribution in [-0.4, -0.2) is 6.54 Å². The van der Waals surface area contributed by atoms with Gasteiger partial charge in [0.15, 0.2) is 0 Å². The molecule has 0 unspecified atom stereocenters. The minimum Gasteiger partial charge on any atom is -0.385 e. The maximum absolute atomic E-state index is 3.71. The molecule has 0 spiro atoms. The van der Waals surface area contributed by atoms with Gasteiger partial charge in [-0.1, -0.05) is 6.08 Å². The van der Waals surface area contributed by atoms with E-state index in [0.29, 0.717) is 0 Å². The summed E-state index contributed by atoms with van der Waals surface area (Å²) in [6, 6.07) is 8.69. The highest BCUT2D eigenvalue weighted by Gasteiger charge is 1.96. The fourth-order valence-electron chi connectivity index (χ4n) is 1.56. The van der Waals surface area contributed by atoms with Crippen LogP contribution >= 0.6 is 11.3 Å². The van der Waals surface area contributed by atoms with E-state index in [1.165, 1.54) is 15.8 Å². The van der Waals surface area contributed by atoms with Crippen LogP contribution in [0.2, 0.25) is 0 Å². The largest absolute Gasteiger partial charge is 0.385 e. The molecule has 1 nitrogen and oxygen atoms in total. The van der Waals surface area contributed by atoms with Crippen LogP contribution in [0.5, 0.6) is 0 Å². The van der Waals surface area contributed by atoms with E-state index in [9.17, 15) is 0 Å². The Kier molecular flexibility index (Phi) is 3.41. The number of benzene rings is 1. The van der Waals surface area contributed by atoms with Crippen molar-refractivity contribution in [3.63, 3.8) is 0 Å². The Hall–Kier alpha value is -1.28. The second-order valence-corrected chi connectivity index (χ2v) is 4.48. The molecule has 0 saturated heterocycles. The van der Waals surface area contributed by atoms with Crippen molar-refractivity contribution in [2.45, 2.75) is 12.8 Å². The minimum absolute atomic E-state index is 1.02. The average molecular weight is 217 g/mol. The highest BCUT2D eigenvalue weighted by Crippen LogP contribution is 2.23. The van der Waals surface area contributed by atoms with E-state index in [4.69, 9.17) is 0 Å². The zero-order valence-corrected chi connectivity index (χ0v) is 9.52. The van der Waals surface area contributed by atoms with Gasteiger partial charge in [-0.05, 0) is 47.9 Å². The molecule has 0 bridgehead atoms. The molecule has 1 aromatic carbocycles. The van der Waals surface area contributed by atoms with E-state index >= 15 is 0 Å². The summed E-state index contributed by atoms with van der Waals surface area (Å²) in [7, 11) is 0. The number of rotatable bonds is 5. The van der Waals surface area contributed by atoms with Crippen molar-refractivity contribution in [3.05, 3.63) is 42.3 Å². The Labute approximate surface area is 94.4 Å². The van der Waals surface area contributed by atoms with E-state index < -0.39 is 0 Å². The normalized spacial score (nSPS) is 10.4. The number of hydrogen-bond donors (Lipinski definition) is 1. The Balaban J connectivity index is 1.98. The zero-order valence-electron chi connectivity index (χ0n) is 8.70. The molecule has 0 fully saturated rings. The zero-order chi connectivity index (χ0) is 10.5. The molecule has 1 heterocycles. The third-order valence-corrected chi connectivity index (χ3v) is 3.26. The van der Waals surface area contributed by atoms with Crippen LogP contribution in [0.4, 0.5) is 5.69 Å². The summed E-state index contributed by atoms with van der Waals surface area (Å²) >= 11 is 1.79. The van der Waals surface area contributed by atoms with Gasteiger partial charge >= 0.3 is 0 Å². The minimum atomic E-state index is 1.02.